The van der Waals surface area contributed by atoms with E-state index in [1.165, 1.54) is 0 Å². The maximum atomic E-state index is 7.38. The van der Waals surface area contributed by atoms with Crippen LogP contribution >= 0.6 is 11.6 Å². The average molecular weight is 157 g/mol. The number of alkyl halides is 1. The van der Waals surface area contributed by atoms with Gasteiger partial charge in [0.1, 0.15) is 11.0 Å². The first-order chi connectivity index (χ1) is 4.72. The fourth-order valence-corrected chi connectivity index (χ4v) is 0.936. The maximum absolute atomic E-state index is 7.38. The largest absolute Gasteiger partial charge is 0.317 e. The van der Waals surface area contributed by atoms with E-state index >= 15 is 0 Å². The Labute approximate surface area is 64.6 Å². The van der Waals surface area contributed by atoms with Crippen molar-refractivity contribution in [1.29, 1.82) is 5.41 Å². The highest BCUT2D eigenvalue weighted by atomic mass is 35.5. The smallest absolute Gasteiger partial charge is 0.125 e. The highest BCUT2D eigenvalue weighted by Gasteiger charge is 1.95. The highest BCUT2D eigenvalue weighted by molar-refractivity contribution is 6.18. The lowest BCUT2D eigenvalue weighted by molar-refractivity contribution is 0.674. The zero-order valence-corrected chi connectivity index (χ0v) is 6.47. The third kappa shape index (κ3) is 1.39. The highest BCUT2D eigenvalue weighted by Crippen LogP contribution is 2.04. The monoisotopic (exact) mass is 156 g/mol. The summed E-state index contributed by atoms with van der Waals surface area (Å²) in [6, 6.07) is 5.38. The average Bonchev–Trinajstić information content (AvgIpc) is 1.88. The van der Waals surface area contributed by atoms with Crippen LogP contribution < -0.4 is 5.49 Å². The predicted octanol–water partition coefficient (Wildman–Crippen LogP) is 1.72. The van der Waals surface area contributed by atoms with Gasteiger partial charge in [-0.1, -0.05) is 17.7 Å². The van der Waals surface area contributed by atoms with E-state index in [0.717, 1.165) is 0 Å². The van der Waals surface area contributed by atoms with Crippen molar-refractivity contribution in [2.75, 3.05) is 0 Å². The molecule has 0 saturated carbocycles. The lowest BCUT2D eigenvalue weighted by atomic mass is 10.4. The summed E-state index contributed by atoms with van der Waals surface area (Å²) in [5.41, 5.74) is 0.290. The summed E-state index contributed by atoms with van der Waals surface area (Å²) in [5.74, 6) is 0. The van der Waals surface area contributed by atoms with Crippen LogP contribution in [0.5, 0.6) is 0 Å². The molecule has 1 rings (SSSR count). The molecule has 1 atom stereocenters. The summed E-state index contributed by atoms with van der Waals surface area (Å²) < 4.78 is 1.68. The molecule has 0 radical (unpaired) electrons. The van der Waals surface area contributed by atoms with E-state index in [-0.39, 0.29) is 5.50 Å². The number of hydrogen-bond donors (Lipinski definition) is 1. The molecular weight excluding hydrogens is 148 g/mol. The summed E-state index contributed by atoms with van der Waals surface area (Å²) in [6.07, 6.45) is 1.79. The molecule has 0 amide bonds. The van der Waals surface area contributed by atoms with Crippen LogP contribution in [0.4, 0.5) is 0 Å². The van der Waals surface area contributed by atoms with Crippen LogP contribution in [-0.4, -0.2) is 4.57 Å². The van der Waals surface area contributed by atoms with Gasteiger partial charge in [-0.25, -0.2) is 0 Å². The van der Waals surface area contributed by atoms with Crippen LogP contribution in [0, 0.1) is 5.41 Å². The molecule has 1 aromatic heterocycles. The summed E-state index contributed by atoms with van der Waals surface area (Å²) >= 11 is 5.75. The van der Waals surface area contributed by atoms with Gasteiger partial charge in [-0.2, -0.15) is 0 Å². The Kier molecular flexibility index (Phi) is 2.12. The second-order valence-corrected chi connectivity index (χ2v) is 2.70. The van der Waals surface area contributed by atoms with Crippen LogP contribution in [0.25, 0.3) is 0 Å². The van der Waals surface area contributed by atoms with Crippen LogP contribution in [-0.2, 0) is 0 Å². The fourth-order valence-electron chi connectivity index (χ4n) is 0.766. The number of nitrogens with one attached hydrogen (secondary N) is 1. The summed E-state index contributed by atoms with van der Waals surface area (Å²) in [7, 11) is 0. The van der Waals surface area contributed by atoms with Crippen molar-refractivity contribution in [3.05, 3.63) is 29.9 Å². The quantitative estimate of drug-likeness (QED) is 0.600. The van der Waals surface area contributed by atoms with E-state index in [1.807, 2.05) is 19.1 Å². The first kappa shape index (κ1) is 7.35. The molecule has 0 fully saturated rings. The molecule has 0 aliphatic heterocycles. The molecule has 0 aromatic carbocycles. The molecule has 1 N–H and O–H groups in total. The van der Waals surface area contributed by atoms with Crippen molar-refractivity contribution >= 4 is 11.6 Å². The van der Waals surface area contributed by atoms with E-state index in [9.17, 15) is 0 Å². The topological polar surface area (TPSA) is 28.8 Å². The molecule has 0 bridgehead atoms. The van der Waals surface area contributed by atoms with Gasteiger partial charge in [0.2, 0.25) is 0 Å². The summed E-state index contributed by atoms with van der Waals surface area (Å²) in [4.78, 5) is 0. The number of nitrogens with zero attached hydrogens (tertiary/aromatic N) is 1. The molecule has 0 saturated heterocycles. The number of rotatable bonds is 1. The maximum Gasteiger partial charge on any atom is 0.125 e. The zero-order valence-electron chi connectivity index (χ0n) is 5.71. The lowest BCUT2D eigenvalue weighted by Gasteiger charge is -2.06. The molecule has 54 valence electrons. The van der Waals surface area contributed by atoms with Gasteiger partial charge in [0.15, 0.2) is 0 Å². The number of aromatic nitrogens is 1. The third-order valence-corrected chi connectivity index (χ3v) is 1.48. The second kappa shape index (κ2) is 2.88. The van der Waals surface area contributed by atoms with Gasteiger partial charge in [0.05, 0.1) is 0 Å². The van der Waals surface area contributed by atoms with Crippen molar-refractivity contribution in [2.24, 2.45) is 0 Å². The Morgan fingerprint density at radius 1 is 1.60 bits per heavy atom. The van der Waals surface area contributed by atoms with Gasteiger partial charge in [0, 0.05) is 6.20 Å². The van der Waals surface area contributed by atoms with E-state index in [2.05, 4.69) is 0 Å². The van der Waals surface area contributed by atoms with Gasteiger partial charge in [-0.15, -0.1) is 0 Å². The lowest BCUT2D eigenvalue weighted by Crippen LogP contribution is -2.18. The Hall–Kier alpha value is -0.760. The van der Waals surface area contributed by atoms with Gasteiger partial charge in [-0.05, 0) is 19.1 Å². The zero-order chi connectivity index (χ0) is 7.56. The minimum Gasteiger partial charge on any atom is -0.317 e. The molecule has 3 heteroatoms. The summed E-state index contributed by atoms with van der Waals surface area (Å²) in [5, 5.41) is 7.38. The Morgan fingerprint density at radius 3 is 2.70 bits per heavy atom. The third-order valence-electron chi connectivity index (χ3n) is 1.27. The molecule has 0 aliphatic carbocycles. The second-order valence-electron chi connectivity index (χ2n) is 2.07. The molecule has 1 aromatic rings. The van der Waals surface area contributed by atoms with Crippen LogP contribution in [0.2, 0.25) is 0 Å². The molecule has 1 heterocycles. The molecular formula is C7H9ClN2. The standard InChI is InChI=1S/C7H9ClN2/c1-6(8)10-5-3-2-4-7(10)9/h2-6,9H,1H3. The van der Waals surface area contributed by atoms with E-state index in [1.54, 1.807) is 16.8 Å². The number of halogens is 1. The van der Waals surface area contributed by atoms with E-state index in [0.29, 0.717) is 5.49 Å². The molecule has 0 aliphatic rings. The van der Waals surface area contributed by atoms with Crippen molar-refractivity contribution < 1.29 is 0 Å². The Morgan fingerprint density at radius 2 is 2.30 bits per heavy atom. The van der Waals surface area contributed by atoms with Crippen molar-refractivity contribution in [3.8, 4) is 0 Å². The van der Waals surface area contributed by atoms with E-state index in [4.69, 9.17) is 17.0 Å². The molecule has 0 spiro atoms. The van der Waals surface area contributed by atoms with Gasteiger partial charge >= 0.3 is 0 Å². The van der Waals surface area contributed by atoms with Crippen molar-refractivity contribution in [1.82, 2.24) is 4.57 Å². The van der Waals surface area contributed by atoms with Gasteiger partial charge < -0.3 is 4.57 Å². The SMILES string of the molecule is CC(Cl)n1ccccc1=N. The Balaban J connectivity index is 3.16. The first-order valence-corrected chi connectivity index (χ1v) is 3.51. The normalized spacial score (nSPS) is 13.0. The predicted molar refractivity (Wildman–Crippen MR) is 40.9 cm³/mol. The van der Waals surface area contributed by atoms with Crippen molar-refractivity contribution in [2.45, 2.75) is 12.4 Å². The number of hydrogen-bond acceptors (Lipinski definition) is 1. The van der Waals surface area contributed by atoms with Crippen LogP contribution in [0.15, 0.2) is 24.4 Å². The minimum absolute atomic E-state index is 0.145. The fraction of sp³-hybridized carbons (Fsp3) is 0.286. The van der Waals surface area contributed by atoms with Crippen molar-refractivity contribution in [3.63, 3.8) is 0 Å². The van der Waals surface area contributed by atoms with Gasteiger partial charge in [-0.3, -0.25) is 5.41 Å². The van der Waals surface area contributed by atoms with E-state index < -0.39 is 0 Å². The Bertz CT molecular complexity index is 264. The molecule has 10 heavy (non-hydrogen) atoms. The van der Waals surface area contributed by atoms with Crippen LogP contribution in [0.3, 0.4) is 0 Å². The molecule has 2 nitrogen and oxygen atoms in total. The van der Waals surface area contributed by atoms with Gasteiger partial charge in [0.25, 0.3) is 0 Å². The van der Waals surface area contributed by atoms with Crippen LogP contribution in [0.1, 0.15) is 12.4 Å². The minimum atomic E-state index is -0.145. The first-order valence-electron chi connectivity index (χ1n) is 3.07. The summed E-state index contributed by atoms with van der Waals surface area (Å²) in [6.45, 7) is 1.83. The molecule has 1 unspecified atom stereocenters. The number of pyridine rings is 1.